The molecule has 3 heteroatoms. The molecular formula is C18H12N2Si. The van der Waals surface area contributed by atoms with Gasteiger partial charge in [-0.1, -0.05) is 48.5 Å². The Hall–Kier alpha value is -2.52. The summed E-state index contributed by atoms with van der Waals surface area (Å²) in [5, 5.41) is 4.92. The lowest BCUT2D eigenvalue weighted by Gasteiger charge is -2.07. The zero-order chi connectivity index (χ0) is 14.1. The van der Waals surface area contributed by atoms with E-state index in [1.165, 1.54) is 21.1 Å². The third-order valence-electron chi connectivity index (χ3n) is 3.53. The summed E-state index contributed by atoms with van der Waals surface area (Å²) < 4.78 is 0. The highest BCUT2D eigenvalue weighted by atomic mass is 28.2. The molecule has 0 aliphatic carbocycles. The van der Waals surface area contributed by atoms with Crippen molar-refractivity contribution < 1.29 is 0 Å². The second-order valence-electron chi connectivity index (χ2n) is 4.89. The molecule has 0 aliphatic heterocycles. The third-order valence-corrected chi connectivity index (χ3v) is 4.88. The van der Waals surface area contributed by atoms with Crippen molar-refractivity contribution in [1.29, 1.82) is 0 Å². The summed E-state index contributed by atoms with van der Waals surface area (Å²) >= 11 is 0. The Kier molecular flexibility index (Phi) is 2.98. The van der Waals surface area contributed by atoms with Gasteiger partial charge in [-0.05, 0) is 22.5 Å². The van der Waals surface area contributed by atoms with E-state index >= 15 is 0 Å². The summed E-state index contributed by atoms with van der Waals surface area (Å²) in [5.74, 6) is 0. The maximum absolute atomic E-state index is 4.54. The quantitative estimate of drug-likeness (QED) is 0.528. The van der Waals surface area contributed by atoms with Crippen LogP contribution in [0.3, 0.4) is 0 Å². The van der Waals surface area contributed by atoms with Crippen molar-refractivity contribution in [3.8, 4) is 0 Å². The Labute approximate surface area is 125 Å². The number of pyridine rings is 2. The Morgan fingerprint density at radius 1 is 0.571 bits per heavy atom. The van der Waals surface area contributed by atoms with Crippen LogP contribution in [0.25, 0.3) is 21.8 Å². The number of hydrogen-bond donors (Lipinski definition) is 0. The predicted octanol–water partition coefficient (Wildman–Crippen LogP) is 2.44. The molecule has 2 aromatic heterocycles. The van der Waals surface area contributed by atoms with Crippen molar-refractivity contribution in [1.82, 2.24) is 9.97 Å². The first-order chi connectivity index (χ1) is 10.4. The van der Waals surface area contributed by atoms with Crippen LogP contribution < -0.4 is 10.4 Å². The fourth-order valence-electron chi connectivity index (χ4n) is 2.56. The molecule has 98 valence electrons. The first kappa shape index (κ1) is 12.2. The molecule has 21 heavy (non-hydrogen) atoms. The number of aromatic nitrogens is 2. The standard InChI is InChI=1S/C18H12N2Si/c1-5-13-7-3-11-19-17(13)15(9-1)21-16-10-2-6-14-8-4-12-20-18(14)16/h1-12H. The first-order valence-corrected chi connectivity index (χ1v) is 7.86. The van der Waals surface area contributed by atoms with Gasteiger partial charge in [-0.2, -0.15) is 0 Å². The fraction of sp³-hybridized carbons (Fsp3) is 0. The number of fused-ring (bicyclic) bond motifs is 2. The van der Waals surface area contributed by atoms with Crippen LogP contribution in [0.1, 0.15) is 0 Å². The highest BCUT2D eigenvalue weighted by molar-refractivity contribution is 6.71. The summed E-state index contributed by atoms with van der Waals surface area (Å²) in [7, 11) is 0.559. The van der Waals surface area contributed by atoms with Gasteiger partial charge in [0.25, 0.3) is 0 Å². The lowest BCUT2D eigenvalue weighted by atomic mass is 10.2. The summed E-state index contributed by atoms with van der Waals surface area (Å²) in [6.07, 6.45) is 3.72. The van der Waals surface area contributed by atoms with Crippen molar-refractivity contribution in [3.05, 3.63) is 73.1 Å². The lowest BCUT2D eigenvalue weighted by Crippen LogP contribution is -2.29. The average molecular weight is 284 g/mol. The summed E-state index contributed by atoms with van der Waals surface area (Å²) in [4.78, 5) is 9.09. The number of hydrogen-bond acceptors (Lipinski definition) is 2. The zero-order valence-corrected chi connectivity index (χ0v) is 12.3. The molecule has 4 aromatic rings. The summed E-state index contributed by atoms with van der Waals surface area (Å²) in [6, 6.07) is 20.9. The molecule has 0 aliphatic rings. The van der Waals surface area contributed by atoms with E-state index in [9.17, 15) is 0 Å². The van der Waals surface area contributed by atoms with Crippen molar-refractivity contribution >= 4 is 41.7 Å². The number of rotatable bonds is 2. The van der Waals surface area contributed by atoms with Crippen LogP contribution in [0.5, 0.6) is 0 Å². The molecule has 2 radical (unpaired) electrons. The van der Waals surface area contributed by atoms with Gasteiger partial charge in [-0.3, -0.25) is 9.97 Å². The molecule has 0 N–H and O–H groups in total. The molecule has 0 bridgehead atoms. The maximum atomic E-state index is 4.54. The fourth-order valence-corrected chi connectivity index (χ4v) is 3.86. The van der Waals surface area contributed by atoms with Crippen molar-refractivity contribution in [3.63, 3.8) is 0 Å². The van der Waals surface area contributed by atoms with Crippen molar-refractivity contribution in [2.45, 2.75) is 0 Å². The minimum atomic E-state index is 0.559. The molecule has 2 heterocycles. The van der Waals surface area contributed by atoms with Gasteiger partial charge in [-0.25, -0.2) is 0 Å². The van der Waals surface area contributed by atoms with Gasteiger partial charge in [0.15, 0.2) is 0 Å². The van der Waals surface area contributed by atoms with E-state index in [-0.39, 0.29) is 0 Å². The second kappa shape index (κ2) is 5.11. The van der Waals surface area contributed by atoms with Crippen LogP contribution in [0.2, 0.25) is 0 Å². The Bertz CT molecular complexity index is 846. The average Bonchev–Trinajstić information content (AvgIpc) is 2.56. The van der Waals surface area contributed by atoms with E-state index in [0.29, 0.717) is 9.52 Å². The highest BCUT2D eigenvalue weighted by Gasteiger charge is 2.07. The van der Waals surface area contributed by atoms with E-state index in [1.807, 2.05) is 24.5 Å². The SMILES string of the molecule is c1cnc2c([Si]c3cccc4cccnc34)cccc2c1. The van der Waals surface area contributed by atoms with Crippen LogP contribution in [-0.2, 0) is 0 Å². The van der Waals surface area contributed by atoms with E-state index in [0.717, 1.165) is 11.0 Å². The second-order valence-corrected chi connectivity index (χ2v) is 6.21. The van der Waals surface area contributed by atoms with Crippen molar-refractivity contribution in [2.75, 3.05) is 0 Å². The number of benzene rings is 2. The van der Waals surface area contributed by atoms with E-state index in [1.54, 1.807) is 0 Å². The molecule has 0 saturated heterocycles. The van der Waals surface area contributed by atoms with E-state index in [2.05, 4.69) is 58.5 Å². The van der Waals surface area contributed by atoms with Crippen molar-refractivity contribution in [2.24, 2.45) is 0 Å². The van der Waals surface area contributed by atoms with E-state index in [4.69, 9.17) is 0 Å². The van der Waals surface area contributed by atoms with Crippen LogP contribution in [0.15, 0.2) is 73.1 Å². The molecule has 0 atom stereocenters. The molecule has 2 nitrogen and oxygen atoms in total. The molecule has 0 fully saturated rings. The van der Waals surface area contributed by atoms with Crippen LogP contribution >= 0.6 is 0 Å². The minimum Gasteiger partial charge on any atom is -0.256 e. The molecular weight excluding hydrogens is 272 g/mol. The topological polar surface area (TPSA) is 25.8 Å². The van der Waals surface area contributed by atoms with Gasteiger partial charge >= 0.3 is 0 Å². The van der Waals surface area contributed by atoms with Gasteiger partial charge in [0.2, 0.25) is 0 Å². The molecule has 0 saturated carbocycles. The Balaban J connectivity index is 1.87. The minimum absolute atomic E-state index is 0.559. The van der Waals surface area contributed by atoms with Crippen LogP contribution in [0, 0.1) is 0 Å². The Morgan fingerprint density at radius 2 is 1.05 bits per heavy atom. The third kappa shape index (κ3) is 2.21. The molecule has 4 rings (SSSR count). The summed E-state index contributed by atoms with van der Waals surface area (Å²) in [5.41, 5.74) is 2.18. The van der Waals surface area contributed by atoms with Crippen LogP contribution in [-0.4, -0.2) is 19.5 Å². The summed E-state index contributed by atoms with van der Waals surface area (Å²) in [6.45, 7) is 0. The zero-order valence-electron chi connectivity index (χ0n) is 11.3. The molecule has 0 spiro atoms. The highest BCUT2D eigenvalue weighted by Crippen LogP contribution is 2.09. The van der Waals surface area contributed by atoms with Gasteiger partial charge in [0.05, 0.1) is 11.0 Å². The molecule has 0 unspecified atom stereocenters. The smallest absolute Gasteiger partial charge is 0.127 e. The largest absolute Gasteiger partial charge is 0.256 e. The van der Waals surface area contributed by atoms with Gasteiger partial charge in [-0.15, -0.1) is 0 Å². The van der Waals surface area contributed by atoms with Gasteiger partial charge in [0.1, 0.15) is 9.52 Å². The monoisotopic (exact) mass is 284 g/mol. The normalized spacial score (nSPS) is 11.0. The van der Waals surface area contributed by atoms with Crippen LogP contribution in [0.4, 0.5) is 0 Å². The molecule has 2 aromatic carbocycles. The Morgan fingerprint density at radius 3 is 1.57 bits per heavy atom. The maximum Gasteiger partial charge on any atom is 0.127 e. The lowest BCUT2D eigenvalue weighted by molar-refractivity contribution is 1.42. The van der Waals surface area contributed by atoms with Gasteiger partial charge in [0, 0.05) is 23.2 Å². The molecule has 0 amide bonds. The number of para-hydroxylation sites is 2. The predicted molar refractivity (Wildman–Crippen MR) is 88.5 cm³/mol. The van der Waals surface area contributed by atoms with E-state index < -0.39 is 0 Å². The number of nitrogens with zero attached hydrogens (tertiary/aromatic N) is 2. The first-order valence-electron chi connectivity index (χ1n) is 6.86. The van der Waals surface area contributed by atoms with Gasteiger partial charge < -0.3 is 0 Å².